The maximum atomic E-state index is 12.2. The molecule has 0 fully saturated rings. The Kier molecular flexibility index (Phi) is 5.39. The Hall–Kier alpha value is -0.830. The first-order valence-corrected chi connectivity index (χ1v) is 7.29. The summed E-state index contributed by atoms with van der Waals surface area (Å²) in [4.78, 5) is 12.5. The van der Waals surface area contributed by atoms with Crippen molar-refractivity contribution in [3.05, 3.63) is 35.4 Å². The molecule has 1 N–H and O–H groups in total. The molecule has 3 heteroatoms. The van der Waals surface area contributed by atoms with E-state index in [4.69, 9.17) is 0 Å². The van der Waals surface area contributed by atoms with Gasteiger partial charge in [0.15, 0.2) is 0 Å². The third kappa shape index (κ3) is 4.13. The molecule has 0 spiro atoms. The molecule has 0 saturated heterocycles. The van der Waals surface area contributed by atoms with Crippen LogP contribution >= 0.6 is 15.9 Å². The molecule has 0 aromatic heterocycles. The van der Waals surface area contributed by atoms with Crippen molar-refractivity contribution in [3.63, 3.8) is 0 Å². The van der Waals surface area contributed by atoms with E-state index in [2.05, 4.69) is 48.9 Å². The van der Waals surface area contributed by atoms with E-state index < -0.39 is 0 Å². The highest BCUT2D eigenvalue weighted by Gasteiger charge is 2.21. The smallest absolute Gasteiger partial charge is 0.251 e. The highest BCUT2D eigenvalue weighted by molar-refractivity contribution is 9.09. The van der Waals surface area contributed by atoms with Crippen molar-refractivity contribution in [3.8, 4) is 0 Å². The summed E-state index contributed by atoms with van der Waals surface area (Å²) in [6.45, 7) is 9.12. The van der Waals surface area contributed by atoms with Crippen molar-refractivity contribution in [2.75, 3.05) is 6.54 Å². The quantitative estimate of drug-likeness (QED) is 0.840. The SMILES string of the molecule is CCC(Br)CNC(=O)c1ccccc1C(C)(C)C. The van der Waals surface area contributed by atoms with Gasteiger partial charge in [-0.1, -0.05) is 61.8 Å². The van der Waals surface area contributed by atoms with Gasteiger partial charge in [-0.05, 0) is 23.5 Å². The van der Waals surface area contributed by atoms with Crippen molar-refractivity contribution in [1.82, 2.24) is 5.32 Å². The first-order chi connectivity index (χ1) is 8.36. The topological polar surface area (TPSA) is 29.1 Å². The molecule has 0 aliphatic carbocycles. The predicted molar refractivity (Wildman–Crippen MR) is 80.5 cm³/mol. The standard InChI is InChI=1S/C15H22BrNO/c1-5-11(16)10-17-14(18)12-8-6-7-9-13(12)15(2,3)4/h6-9,11H,5,10H2,1-4H3,(H,17,18). The van der Waals surface area contributed by atoms with Crippen LogP contribution in [0.4, 0.5) is 0 Å². The zero-order valence-corrected chi connectivity index (χ0v) is 13.2. The van der Waals surface area contributed by atoms with Gasteiger partial charge in [-0.15, -0.1) is 0 Å². The lowest BCUT2D eigenvalue weighted by Gasteiger charge is -2.22. The normalized spacial score (nSPS) is 13.2. The lowest BCUT2D eigenvalue weighted by molar-refractivity contribution is 0.0951. The van der Waals surface area contributed by atoms with E-state index >= 15 is 0 Å². The number of halogens is 1. The molecule has 1 unspecified atom stereocenters. The van der Waals surface area contributed by atoms with E-state index in [-0.39, 0.29) is 11.3 Å². The van der Waals surface area contributed by atoms with Crippen molar-refractivity contribution in [2.24, 2.45) is 0 Å². The van der Waals surface area contributed by atoms with Gasteiger partial charge < -0.3 is 5.32 Å². The van der Waals surface area contributed by atoms with Crippen LogP contribution in [0.1, 0.15) is 50.0 Å². The molecular formula is C15H22BrNO. The van der Waals surface area contributed by atoms with E-state index in [1.807, 2.05) is 24.3 Å². The van der Waals surface area contributed by atoms with Crippen molar-refractivity contribution in [1.29, 1.82) is 0 Å². The number of hydrogen-bond donors (Lipinski definition) is 1. The summed E-state index contributed by atoms with van der Waals surface area (Å²) in [5, 5.41) is 2.98. The molecule has 18 heavy (non-hydrogen) atoms. The van der Waals surface area contributed by atoms with Crippen LogP contribution in [-0.4, -0.2) is 17.3 Å². The Labute approximate surface area is 118 Å². The minimum atomic E-state index is -0.0213. The summed E-state index contributed by atoms with van der Waals surface area (Å²) in [6.07, 6.45) is 1.00. The number of nitrogens with one attached hydrogen (secondary N) is 1. The molecule has 0 radical (unpaired) electrons. The van der Waals surface area contributed by atoms with Gasteiger partial charge in [0, 0.05) is 16.9 Å². The number of rotatable bonds is 4. The number of benzene rings is 1. The number of hydrogen-bond acceptors (Lipinski definition) is 1. The summed E-state index contributed by atoms with van der Waals surface area (Å²) in [7, 11) is 0. The first kappa shape index (κ1) is 15.2. The fourth-order valence-electron chi connectivity index (χ4n) is 1.78. The summed E-state index contributed by atoms with van der Waals surface area (Å²) in [5.74, 6) is 0.0124. The third-order valence-electron chi connectivity index (χ3n) is 2.91. The van der Waals surface area contributed by atoms with Crippen LogP contribution in [0.5, 0.6) is 0 Å². The minimum absolute atomic E-state index is 0.0124. The fourth-order valence-corrected chi connectivity index (χ4v) is 1.94. The zero-order chi connectivity index (χ0) is 13.8. The van der Waals surface area contributed by atoms with Crippen molar-refractivity contribution in [2.45, 2.75) is 44.4 Å². The summed E-state index contributed by atoms with van der Waals surface area (Å²) >= 11 is 3.52. The van der Waals surface area contributed by atoms with E-state index in [0.717, 1.165) is 17.5 Å². The van der Waals surface area contributed by atoms with Gasteiger partial charge >= 0.3 is 0 Å². The first-order valence-electron chi connectivity index (χ1n) is 6.38. The Morgan fingerprint density at radius 1 is 1.33 bits per heavy atom. The highest BCUT2D eigenvalue weighted by atomic mass is 79.9. The number of carbonyl (C=O) groups is 1. The van der Waals surface area contributed by atoms with E-state index in [1.54, 1.807) is 0 Å². The van der Waals surface area contributed by atoms with Crippen molar-refractivity contribution >= 4 is 21.8 Å². The molecule has 0 bridgehead atoms. The van der Waals surface area contributed by atoms with Gasteiger partial charge in [-0.25, -0.2) is 0 Å². The molecule has 0 aliphatic heterocycles. The molecule has 2 nitrogen and oxygen atoms in total. The molecular weight excluding hydrogens is 290 g/mol. The Morgan fingerprint density at radius 3 is 2.50 bits per heavy atom. The fraction of sp³-hybridized carbons (Fsp3) is 0.533. The Morgan fingerprint density at radius 2 is 1.94 bits per heavy atom. The maximum absolute atomic E-state index is 12.2. The molecule has 1 aromatic carbocycles. The molecule has 1 atom stereocenters. The molecule has 0 saturated carbocycles. The zero-order valence-electron chi connectivity index (χ0n) is 11.6. The van der Waals surface area contributed by atoms with Crippen LogP contribution in [0.25, 0.3) is 0 Å². The summed E-state index contributed by atoms with van der Waals surface area (Å²) in [5.41, 5.74) is 1.85. The molecule has 1 aromatic rings. The van der Waals surface area contributed by atoms with E-state index in [9.17, 15) is 4.79 Å². The predicted octanol–water partition coefficient (Wildman–Crippen LogP) is 3.89. The summed E-state index contributed by atoms with van der Waals surface area (Å²) in [6, 6.07) is 7.82. The maximum Gasteiger partial charge on any atom is 0.251 e. The van der Waals surface area contributed by atoms with Gasteiger partial charge in [0.25, 0.3) is 5.91 Å². The van der Waals surface area contributed by atoms with Gasteiger partial charge in [-0.2, -0.15) is 0 Å². The monoisotopic (exact) mass is 311 g/mol. The van der Waals surface area contributed by atoms with Crippen LogP contribution in [0.3, 0.4) is 0 Å². The lowest BCUT2D eigenvalue weighted by Crippen LogP contribution is -2.31. The number of carbonyl (C=O) groups excluding carboxylic acids is 1. The lowest BCUT2D eigenvalue weighted by atomic mass is 9.83. The Bertz CT molecular complexity index is 409. The molecule has 1 rings (SSSR count). The van der Waals surface area contributed by atoms with E-state index in [0.29, 0.717) is 11.4 Å². The minimum Gasteiger partial charge on any atom is -0.351 e. The van der Waals surface area contributed by atoms with Crippen LogP contribution in [0.15, 0.2) is 24.3 Å². The largest absolute Gasteiger partial charge is 0.351 e. The van der Waals surface area contributed by atoms with Crippen LogP contribution in [0, 0.1) is 0 Å². The van der Waals surface area contributed by atoms with Gasteiger partial charge in [-0.3, -0.25) is 4.79 Å². The van der Waals surface area contributed by atoms with Crippen LogP contribution < -0.4 is 5.32 Å². The van der Waals surface area contributed by atoms with Gasteiger partial charge in [0.2, 0.25) is 0 Å². The molecule has 1 amide bonds. The molecule has 0 heterocycles. The summed E-state index contributed by atoms with van der Waals surface area (Å²) < 4.78 is 0. The highest BCUT2D eigenvalue weighted by Crippen LogP contribution is 2.25. The second-order valence-corrected chi connectivity index (χ2v) is 6.81. The van der Waals surface area contributed by atoms with Crippen LogP contribution in [-0.2, 0) is 5.41 Å². The van der Waals surface area contributed by atoms with Gasteiger partial charge in [0.1, 0.15) is 0 Å². The Balaban J connectivity index is 2.86. The average molecular weight is 312 g/mol. The second kappa shape index (κ2) is 6.37. The van der Waals surface area contributed by atoms with Crippen LogP contribution in [0.2, 0.25) is 0 Å². The van der Waals surface area contributed by atoms with E-state index in [1.165, 1.54) is 0 Å². The number of alkyl halides is 1. The molecule has 0 aliphatic rings. The second-order valence-electron chi connectivity index (χ2n) is 5.51. The molecule has 100 valence electrons. The van der Waals surface area contributed by atoms with Gasteiger partial charge in [0.05, 0.1) is 0 Å². The number of amides is 1. The third-order valence-corrected chi connectivity index (χ3v) is 3.88. The average Bonchev–Trinajstić information content (AvgIpc) is 2.34. The van der Waals surface area contributed by atoms with Crippen molar-refractivity contribution < 1.29 is 4.79 Å².